The van der Waals surface area contributed by atoms with Gasteiger partial charge in [-0.15, -0.1) is 0 Å². The molecule has 2 N–H and O–H groups in total. The second kappa shape index (κ2) is 6.95. The van der Waals surface area contributed by atoms with Gasteiger partial charge in [-0.05, 0) is 40.0 Å². The molecule has 106 valence electrons. The van der Waals surface area contributed by atoms with Crippen LogP contribution in [-0.4, -0.2) is 30.4 Å². The van der Waals surface area contributed by atoms with Crippen molar-refractivity contribution < 1.29 is 14.3 Å². The van der Waals surface area contributed by atoms with Gasteiger partial charge in [0.05, 0.1) is 6.10 Å². The molecule has 2 atom stereocenters. The molecule has 1 amide bonds. The number of nitrogens with one attached hydrogen (secondary N) is 2. The van der Waals surface area contributed by atoms with Crippen molar-refractivity contribution in [3.63, 3.8) is 0 Å². The van der Waals surface area contributed by atoms with Gasteiger partial charge in [-0.3, -0.25) is 5.43 Å². The molecular formula is C13H26N2O3. The van der Waals surface area contributed by atoms with Crippen molar-refractivity contribution in [1.29, 1.82) is 0 Å². The Bertz CT molecular complexity index is 261. The van der Waals surface area contributed by atoms with E-state index < -0.39 is 11.7 Å². The van der Waals surface area contributed by atoms with E-state index in [1.807, 2.05) is 20.8 Å². The Morgan fingerprint density at radius 2 is 2.17 bits per heavy atom. The summed E-state index contributed by atoms with van der Waals surface area (Å²) in [6.07, 6.45) is 3.92. The highest BCUT2D eigenvalue weighted by Gasteiger charge is 2.23. The van der Waals surface area contributed by atoms with E-state index >= 15 is 0 Å². The molecule has 1 saturated heterocycles. The first kappa shape index (κ1) is 15.2. The van der Waals surface area contributed by atoms with Crippen LogP contribution >= 0.6 is 0 Å². The first-order chi connectivity index (χ1) is 8.40. The summed E-state index contributed by atoms with van der Waals surface area (Å²) in [5, 5.41) is 0. The fraction of sp³-hybridized carbons (Fsp3) is 0.923. The Balaban J connectivity index is 2.24. The topological polar surface area (TPSA) is 59.6 Å². The molecule has 1 aliphatic rings. The minimum atomic E-state index is -0.466. The van der Waals surface area contributed by atoms with Gasteiger partial charge in [0.15, 0.2) is 0 Å². The maximum absolute atomic E-state index is 11.5. The van der Waals surface area contributed by atoms with E-state index in [-0.39, 0.29) is 6.04 Å². The predicted octanol–water partition coefficient (Wildman–Crippen LogP) is 2.36. The molecule has 5 heteroatoms. The molecule has 18 heavy (non-hydrogen) atoms. The average Bonchev–Trinajstić information content (AvgIpc) is 2.25. The van der Waals surface area contributed by atoms with E-state index in [0.29, 0.717) is 6.10 Å². The summed E-state index contributed by atoms with van der Waals surface area (Å²) in [7, 11) is 0. The largest absolute Gasteiger partial charge is 0.443 e. The smallest absolute Gasteiger partial charge is 0.422 e. The van der Waals surface area contributed by atoms with Crippen LogP contribution in [0.1, 0.15) is 53.4 Å². The third kappa shape index (κ3) is 6.21. The SMILES string of the molecule is CCCC1CC(NNC(=O)OC(C)(C)C)CCO1. The van der Waals surface area contributed by atoms with Crippen LogP contribution in [0.15, 0.2) is 0 Å². The molecule has 0 aromatic heterocycles. The van der Waals surface area contributed by atoms with E-state index in [4.69, 9.17) is 9.47 Å². The van der Waals surface area contributed by atoms with Crippen molar-refractivity contribution in [3.8, 4) is 0 Å². The van der Waals surface area contributed by atoms with Gasteiger partial charge in [-0.1, -0.05) is 13.3 Å². The van der Waals surface area contributed by atoms with Crippen LogP contribution in [0.3, 0.4) is 0 Å². The number of carbonyl (C=O) groups is 1. The zero-order valence-corrected chi connectivity index (χ0v) is 11.9. The Labute approximate surface area is 110 Å². The van der Waals surface area contributed by atoms with Crippen LogP contribution in [0.5, 0.6) is 0 Å². The third-order valence-corrected chi connectivity index (χ3v) is 2.76. The number of hydrogen-bond donors (Lipinski definition) is 2. The molecule has 0 bridgehead atoms. The molecule has 0 aliphatic carbocycles. The maximum Gasteiger partial charge on any atom is 0.422 e. The van der Waals surface area contributed by atoms with Crippen LogP contribution in [0.25, 0.3) is 0 Å². The molecule has 1 fully saturated rings. The molecule has 1 heterocycles. The van der Waals surface area contributed by atoms with Crippen molar-refractivity contribution in [2.75, 3.05) is 6.61 Å². The lowest BCUT2D eigenvalue weighted by molar-refractivity contribution is -0.00742. The van der Waals surface area contributed by atoms with Crippen LogP contribution in [0.2, 0.25) is 0 Å². The van der Waals surface area contributed by atoms with E-state index in [1.54, 1.807) is 0 Å². The van der Waals surface area contributed by atoms with Crippen LogP contribution in [0, 0.1) is 0 Å². The molecule has 0 aromatic rings. The lowest BCUT2D eigenvalue weighted by Gasteiger charge is -2.30. The standard InChI is InChI=1S/C13H26N2O3/c1-5-6-11-9-10(7-8-17-11)14-15-12(16)18-13(2,3)4/h10-11,14H,5-9H2,1-4H3,(H,15,16). The number of hydrogen-bond acceptors (Lipinski definition) is 4. The fourth-order valence-corrected chi connectivity index (χ4v) is 2.00. The lowest BCUT2D eigenvalue weighted by atomic mass is 10.0. The number of ether oxygens (including phenoxy) is 2. The molecule has 1 aliphatic heterocycles. The summed E-state index contributed by atoms with van der Waals surface area (Å²) in [5.74, 6) is 0. The zero-order chi connectivity index (χ0) is 13.6. The van der Waals surface area contributed by atoms with Crippen LogP contribution in [-0.2, 0) is 9.47 Å². The van der Waals surface area contributed by atoms with Gasteiger partial charge in [0.1, 0.15) is 5.60 Å². The summed E-state index contributed by atoms with van der Waals surface area (Å²) >= 11 is 0. The van der Waals surface area contributed by atoms with Crippen molar-refractivity contribution in [2.45, 2.75) is 71.1 Å². The highest BCUT2D eigenvalue weighted by atomic mass is 16.6. The Morgan fingerprint density at radius 3 is 2.78 bits per heavy atom. The predicted molar refractivity (Wildman–Crippen MR) is 70.2 cm³/mol. The summed E-state index contributed by atoms with van der Waals surface area (Å²) in [6, 6.07) is 0.266. The van der Waals surface area contributed by atoms with Gasteiger partial charge in [0.2, 0.25) is 0 Å². The normalized spacial score (nSPS) is 24.7. The maximum atomic E-state index is 11.5. The molecule has 0 aromatic carbocycles. The van der Waals surface area contributed by atoms with E-state index in [1.165, 1.54) is 0 Å². The monoisotopic (exact) mass is 258 g/mol. The Hall–Kier alpha value is -0.810. The summed E-state index contributed by atoms with van der Waals surface area (Å²) < 4.78 is 10.8. The second-order valence-corrected chi connectivity index (χ2v) is 5.77. The number of amides is 1. The summed E-state index contributed by atoms with van der Waals surface area (Å²) in [4.78, 5) is 11.5. The molecule has 1 rings (SSSR count). The minimum absolute atomic E-state index is 0.266. The van der Waals surface area contributed by atoms with Crippen molar-refractivity contribution >= 4 is 6.09 Å². The highest BCUT2D eigenvalue weighted by Crippen LogP contribution is 2.17. The summed E-state index contributed by atoms with van der Waals surface area (Å²) in [6.45, 7) is 8.44. The van der Waals surface area contributed by atoms with Gasteiger partial charge in [-0.2, -0.15) is 0 Å². The van der Waals surface area contributed by atoms with Crippen molar-refractivity contribution in [2.24, 2.45) is 0 Å². The zero-order valence-electron chi connectivity index (χ0n) is 11.9. The molecule has 5 nitrogen and oxygen atoms in total. The number of hydrazine groups is 1. The van der Waals surface area contributed by atoms with Gasteiger partial charge < -0.3 is 9.47 Å². The van der Waals surface area contributed by atoms with E-state index in [0.717, 1.165) is 32.3 Å². The number of rotatable bonds is 4. The quantitative estimate of drug-likeness (QED) is 0.760. The van der Waals surface area contributed by atoms with Gasteiger partial charge in [0.25, 0.3) is 0 Å². The van der Waals surface area contributed by atoms with Crippen LogP contribution in [0.4, 0.5) is 4.79 Å². The van der Waals surface area contributed by atoms with Gasteiger partial charge >= 0.3 is 6.09 Å². The van der Waals surface area contributed by atoms with Crippen LogP contribution < -0.4 is 10.9 Å². The first-order valence-electron chi connectivity index (χ1n) is 6.77. The Morgan fingerprint density at radius 1 is 1.44 bits per heavy atom. The van der Waals surface area contributed by atoms with Gasteiger partial charge in [-0.25, -0.2) is 10.2 Å². The summed E-state index contributed by atoms with van der Waals surface area (Å²) in [5.41, 5.74) is 5.17. The minimum Gasteiger partial charge on any atom is -0.443 e. The Kier molecular flexibility index (Phi) is 5.88. The van der Waals surface area contributed by atoms with E-state index in [9.17, 15) is 4.79 Å². The first-order valence-corrected chi connectivity index (χ1v) is 6.77. The fourth-order valence-electron chi connectivity index (χ4n) is 2.00. The number of carbonyl (C=O) groups excluding carboxylic acids is 1. The molecule has 0 spiro atoms. The van der Waals surface area contributed by atoms with Crippen molar-refractivity contribution in [1.82, 2.24) is 10.9 Å². The average molecular weight is 258 g/mol. The highest BCUT2D eigenvalue weighted by molar-refractivity contribution is 5.67. The van der Waals surface area contributed by atoms with Gasteiger partial charge in [0, 0.05) is 12.6 Å². The van der Waals surface area contributed by atoms with Crippen molar-refractivity contribution in [3.05, 3.63) is 0 Å². The third-order valence-electron chi connectivity index (χ3n) is 2.76. The molecular weight excluding hydrogens is 232 g/mol. The molecule has 0 saturated carbocycles. The molecule has 2 unspecified atom stereocenters. The van der Waals surface area contributed by atoms with E-state index in [2.05, 4.69) is 17.8 Å². The second-order valence-electron chi connectivity index (χ2n) is 5.77. The molecule has 0 radical (unpaired) electrons. The lowest BCUT2D eigenvalue weighted by Crippen LogP contribution is -2.49.